The Balaban J connectivity index is 1.90. The average Bonchev–Trinajstić information content (AvgIpc) is 2.96. The van der Waals surface area contributed by atoms with Crippen molar-refractivity contribution in [2.75, 3.05) is 6.54 Å². The second-order valence-corrected chi connectivity index (χ2v) is 3.90. The van der Waals surface area contributed by atoms with Gasteiger partial charge in [0.2, 0.25) is 0 Å². The van der Waals surface area contributed by atoms with Crippen LogP contribution in [0, 0.1) is 6.92 Å². The quantitative estimate of drug-likeness (QED) is 0.825. The zero-order chi connectivity index (χ0) is 11.0. The van der Waals surface area contributed by atoms with Crippen molar-refractivity contribution in [3.05, 3.63) is 17.8 Å². The van der Waals surface area contributed by atoms with Gasteiger partial charge in [0, 0.05) is 0 Å². The predicted octanol–water partition coefficient (Wildman–Crippen LogP) is 1.46. The van der Waals surface area contributed by atoms with Crippen LogP contribution in [-0.4, -0.2) is 21.8 Å². The van der Waals surface area contributed by atoms with Crippen LogP contribution in [-0.2, 0) is 0 Å². The van der Waals surface area contributed by atoms with Gasteiger partial charge < -0.3 is 14.4 Å². The highest BCUT2D eigenvalue weighted by Crippen LogP contribution is 2.25. The van der Waals surface area contributed by atoms with Gasteiger partial charge in [-0.25, -0.2) is 0 Å². The molecule has 0 aromatic carbocycles. The maximum Gasteiger partial charge on any atom is 0.263 e. The Bertz CT molecular complexity index is 484. The van der Waals surface area contributed by atoms with Gasteiger partial charge in [0.05, 0.1) is 12.2 Å². The van der Waals surface area contributed by atoms with Gasteiger partial charge in [0.15, 0.2) is 5.82 Å². The first-order chi connectivity index (χ1) is 7.84. The van der Waals surface area contributed by atoms with Gasteiger partial charge in [-0.3, -0.25) is 0 Å². The van der Waals surface area contributed by atoms with Gasteiger partial charge in [-0.2, -0.15) is 4.98 Å². The molecule has 0 spiro atoms. The van der Waals surface area contributed by atoms with E-state index in [0.29, 0.717) is 17.5 Å². The zero-order valence-corrected chi connectivity index (χ0v) is 8.93. The van der Waals surface area contributed by atoms with E-state index in [1.54, 1.807) is 6.20 Å². The summed E-state index contributed by atoms with van der Waals surface area (Å²) in [4.78, 5) is 4.36. The van der Waals surface area contributed by atoms with Crippen molar-refractivity contribution in [3.8, 4) is 11.5 Å². The van der Waals surface area contributed by atoms with Gasteiger partial charge in [-0.1, -0.05) is 10.3 Å². The summed E-state index contributed by atoms with van der Waals surface area (Å²) in [5.74, 6) is 1.88. The number of aryl methyl sites for hydroxylation is 1. The monoisotopic (exact) mass is 220 g/mol. The lowest BCUT2D eigenvalue weighted by Crippen LogP contribution is -2.14. The van der Waals surface area contributed by atoms with Crippen LogP contribution in [0.25, 0.3) is 11.5 Å². The Labute approximate surface area is 92.0 Å². The maximum absolute atomic E-state index is 5.20. The SMILES string of the molecule is Cc1oncc1-c1nc(C2CCCN2)no1. The van der Waals surface area contributed by atoms with E-state index in [-0.39, 0.29) is 6.04 Å². The minimum absolute atomic E-state index is 0.220. The van der Waals surface area contributed by atoms with Crippen molar-refractivity contribution in [1.82, 2.24) is 20.6 Å². The minimum atomic E-state index is 0.220. The van der Waals surface area contributed by atoms with Gasteiger partial charge in [-0.15, -0.1) is 0 Å². The lowest BCUT2D eigenvalue weighted by Gasteiger charge is -2.01. The smallest absolute Gasteiger partial charge is 0.263 e. The molecule has 0 aliphatic carbocycles. The molecule has 1 fully saturated rings. The highest BCUT2D eigenvalue weighted by molar-refractivity contribution is 5.53. The molecule has 6 heteroatoms. The highest BCUT2D eigenvalue weighted by atomic mass is 16.5. The molecule has 3 rings (SSSR count). The first-order valence-electron chi connectivity index (χ1n) is 5.33. The van der Waals surface area contributed by atoms with E-state index in [0.717, 1.165) is 24.9 Å². The molecule has 1 aliphatic rings. The lowest BCUT2D eigenvalue weighted by atomic mass is 10.2. The molecule has 0 bridgehead atoms. The van der Waals surface area contributed by atoms with E-state index in [2.05, 4.69) is 20.6 Å². The minimum Gasteiger partial charge on any atom is -0.361 e. The largest absolute Gasteiger partial charge is 0.361 e. The van der Waals surface area contributed by atoms with Crippen LogP contribution >= 0.6 is 0 Å². The summed E-state index contributed by atoms with van der Waals surface area (Å²) in [7, 11) is 0. The van der Waals surface area contributed by atoms with Crippen LogP contribution in [0.2, 0.25) is 0 Å². The van der Waals surface area contributed by atoms with E-state index in [9.17, 15) is 0 Å². The summed E-state index contributed by atoms with van der Waals surface area (Å²) in [5, 5.41) is 11.0. The Hall–Kier alpha value is -1.69. The Kier molecular flexibility index (Phi) is 2.21. The number of nitrogens with zero attached hydrogens (tertiary/aromatic N) is 3. The van der Waals surface area contributed by atoms with Crippen LogP contribution in [0.15, 0.2) is 15.2 Å². The number of hydrogen-bond acceptors (Lipinski definition) is 6. The van der Waals surface area contributed by atoms with Crippen molar-refractivity contribution in [3.63, 3.8) is 0 Å². The topological polar surface area (TPSA) is 77.0 Å². The summed E-state index contributed by atoms with van der Waals surface area (Å²) in [6.07, 6.45) is 3.80. The van der Waals surface area contributed by atoms with Gasteiger partial charge >= 0.3 is 0 Å². The summed E-state index contributed by atoms with van der Waals surface area (Å²) >= 11 is 0. The molecule has 1 unspecified atom stereocenters. The number of rotatable bonds is 2. The molecule has 2 aromatic heterocycles. The Morgan fingerprint density at radius 1 is 1.44 bits per heavy atom. The molecular weight excluding hydrogens is 208 g/mol. The van der Waals surface area contributed by atoms with Crippen LogP contribution in [0.3, 0.4) is 0 Å². The van der Waals surface area contributed by atoms with Crippen LogP contribution in [0.4, 0.5) is 0 Å². The molecule has 1 atom stereocenters. The molecule has 0 saturated carbocycles. The number of hydrogen-bond donors (Lipinski definition) is 1. The van der Waals surface area contributed by atoms with Gasteiger partial charge in [0.1, 0.15) is 11.3 Å². The second-order valence-electron chi connectivity index (χ2n) is 3.90. The van der Waals surface area contributed by atoms with Crippen LogP contribution < -0.4 is 5.32 Å². The summed E-state index contributed by atoms with van der Waals surface area (Å²) in [5.41, 5.74) is 0.761. The molecule has 1 N–H and O–H groups in total. The molecule has 1 aliphatic heterocycles. The third-order valence-corrected chi connectivity index (χ3v) is 2.79. The fourth-order valence-corrected chi connectivity index (χ4v) is 1.89. The average molecular weight is 220 g/mol. The van der Waals surface area contributed by atoms with Crippen molar-refractivity contribution in [2.24, 2.45) is 0 Å². The van der Waals surface area contributed by atoms with Gasteiger partial charge in [0.25, 0.3) is 5.89 Å². The molecule has 1 saturated heterocycles. The fourth-order valence-electron chi connectivity index (χ4n) is 1.89. The third kappa shape index (κ3) is 1.51. The maximum atomic E-state index is 5.20. The molecular formula is C10H12N4O2. The molecule has 2 aromatic rings. The zero-order valence-electron chi connectivity index (χ0n) is 8.93. The Morgan fingerprint density at radius 3 is 3.06 bits per heavy atom. The molecule has 0 amide bonds. The second kappa shape index (κ2) is 3.71. The Morgan fingerprint density at radius 2 is 2.38 bits per heavy atom. The number of aromatic nitrogens is 3. The highest BCUT2D eigenvalue weighted by Gasteiger charge is 2.23. The predicted molar refractivity (Wildman–Crippen MR) is 54.5 cm³/mol. The molecule has 0 radical (unpaired) electrons. The van der Waals surface area contributed by atoms with Gasteiger partial charge in [-0.05, 0) is 26.3 Å². The summed E-state index contributed by atoms with van der Waals surface area (Å²) < 4.78 is 10.2. The summed E-state index contributed by atoms with van der Waals surface area (Å²) in [6.45, 7) is 2.83. The van der Waals surface area contributed by atoms with Crippen molar-refractivity contribution < 1.29 is 9.05 Å². The molecule has 3 heterocycles. The van der Waals surface area contributed by atoms with E-state index in [1.807, 2.05) is 6.92 Å². The van der Waals surface area contributed by atoms with Crippen molar-refractivity contribution in [2.45, 2.75) is 25.8 Å². The van der Waals surface area contributed by atoms with Crippen molar-refractivity contribution in [1.29, 1.82) is 0 Å². The molecule has 84 valence electrons. The first kappa shape index (κ1) is 9.53. The standard InChI is InChI=1S/C10H12N4O2/c1-6-7(5-12-15-6)10-13-9(14-16-10)8-3-2-4-11-8/h5,8,11H,2-4H2,1H3. The van der Waals surface area contributed by atoms with Crippen LogP contribution in [0.1, 0.15) is 30.5 Å². The first-order valence-corrected chi connectivity index (χ1v) is 5.33. The van der Waals surface area contributed by atoms with E-state index >= 15 is 0 Å². The fraction of sp³-hybridized carbons (Fsp3) is 0.500. The van der Waals surface area contributed by atoms with E-state index < -0.39 is 0 Å². The summed E-state index contributed by atoms with van der Waals surface area (Å²) in [6, 6.07) is 0.220. The van der Waals surface area contributed by atoms with Crippen LogP contribution in [0.5, 0.6) is 0 Å². The number of nitrogens with one attached hydrogen (secondary N) is 1. The van der Waals surface area contributed by atoms with E-state index in [4.69, 9.17) is 9.05 Å². The third-order valence-electron chi connectivity index (χ3n) is 2.79. The normalized spacial score (nSPS) is 20.4. The molecule has 6 nitrogen and oxygen atoms in total. The van der Waals surface area contributed by atoms with Crippen molar-refractivity contribution >= 4 is 0 Å². The lowest BCUT2D eigenvalue weighted by molar-refractivity contribution is 0.394. The van der Waals surface area contributed by atoms with E-state index in [1.165, 1.54) is 0 Å². The molecule has 16 heavy (non-hydrogen) atoms.